The fraction of sp³-hybridized carbons (Fsp3) is 0.273. The molecule has 0 aliphatic carbocycles. The summed E-state index contributed by atoms with van der Waals surface area (Å²) in [7, 11) is 1.56. The molecule has 0 saturated heterocycles. The number of hydrogen-bond donors (Lipinski definition) is 2. The van der Waals surface area contributed by atoms with E-state index in [4.69, 9.17) is 9.47 Å². The number of carbonyl (C=O) groups is 2. The van der Waals surface area contributed by atoms with Crippen LogP contribution in [0.2, 0.25) is 0 Å². The molecule has 7 heteroatoms. The summed E-state index contributed by atoms with van der Waals surface area (Å²) in [5.74, 6) is 0.253. The van der Waals surface area contributed by atoms with Crippen molar-refractivity contribution in [2.45, 2.75) is 26.2 Å². The monoisotopic (exact) mass is 460 g/mol. The number of hydrazine groups is 1. The smallest absolute Gasteiger partial charge is 0.276 e. The Hall–Kier alpha value is -2.80. The lowest BCUT2D eigenvalue weighted by molar-refractivity contribution is -0.128. The van der Waals surface area contributed by atoms with Crippen LogP contribution in [0, 0.1) is 0 Å². The lowest BCUT2D eigenvalue weighted by atomic mass is 9.87. The number of methoxy groups -OCH3 is 1. The SMILES string of the molecule is COc1ccccc1C=CC(=O)NNC(=O)COc1ccc(C(C)(C)C)cc1Br. The maximum absolute atomic E-state index is 11.9. The van der Waals surface area contributed by atoms with E-state index in [1.54, 1.807) is 19.3 Å². The number of ether oxygens (including phenoxy) is 2. The van der Waals surface area contributed by atoms with Gasteiger partial charge in [-0.25, -0.2) is 0 Å². The van der Waals surface area contributed by atoms with E-state index in [1.807, 2.05) is 36.4 Å². The summed E-state index contributed by atoms with van der Waals surface area (Å²) in [5, 5.41) is 0. The first-order valence-electron chi connectivity index (χ1n) is 9.03. The van der Waals surface area contributed by atoms with Gasteiger partial charge in [0.15, 0.2) is 6.61 Å². The molecular weight excluding hydrogens is 436 g/mol. The summed E-state index contributed by atoms with van der Waals surface area (Å²) >= 11 is 3.46. The predicted octanol–water partition coefficient (Wildman–Crippen LogP) is 3.99. The molecule has 2 aromatic carbocycles. The summed E-state index contributed by atoms with van der Waals surface area (Å²) in [6.45, 7) is 6.12. The van der Waals surface area contributed by atoms with E-state index in [-0.39, 0.29) is 12.0 Å². The minimum atomic E-state index is -0.476. The first-order valence-corrected chi connectivity index (χ1v) is 9.83. The van der Waals surface area contributed by atoms with Crippen molar-refractivity contribution in [3.8, 4) is 11.5 Å². The molecule has 0 heterocycles. The quantitative estimate of drug-likeness (QED) is 0.504. The number of hydrogen-bond acceptors (Lipinski definition) is 4. The van der Waals surface area contributed by atoms with Gasteiger partial charge in [-0.15, -0.1) is 0 Å². The zero-order chi connectivity index (χ0) is 21.4. The molecule has 0 fully saturated rings. The molecule has 2 amide bonds. The lowest BCUT2D eigenvalue weighted by Gasteiger charge is -2.20. The molecule has 0 bridgehead atoms. The summed E-state index contributed by atoms with van der Waals surface area (Å²) in [6, 6.07) is 13.0. The van der Waals surface area contributed by atoms with Crippen molar-refractivity contribution >= 4 is 33.8 Å². The van der Waals surface area contributed by atoms with Crippen LogP contribution in [-0.2, 0) is 15.0 Å². The van der Waals surface area contributed by atoms with Crippen molar-refractivity contribution in [2.24, 2.45) is 0 Å². The topological polar surface area (TPSA) is 76.7 Å². The Morgan fingerprint density at radius 1 is 1.07 bits per heavy atom. The molecule has 2 rings (SSSR count). The second kappa shape index (κ2) is 10.1. The van der Waals surface area contributed by atoms with E-state index in [2.05, 4.69) is 47.6 Å². The molecule has 0 spiro atoms. The van der Waals surface area contributed by atoms with Crippen molar-refractivity contribution < 1.29 is 19.1 Å². The largest absolute Gasteiger partial charge is 0.496 e. The van der Waals surface area contributed by atoms with Gasteiger partial charge in [0.2, 0.25) is 0 Å². The molecule has 0 atom stereocenters. The van der Waals surface area contributed by atoms with Gasteiger partial charge in [-0.2, -0.15) is 0 Å². The average molecular weight is 461 g/mol. The Morgan fingerprint density at radius 2 is 1.79 bits per heavy atom. The zero-order valence-electron chi connectivity index (χ0n) is 16.9. The second-order valence-corrected chi connectivity index (χ2v) is 8.15. The summed E-state index contributed by atoms with van der Waals surface area (Å²) in [6.07, 6.45) is 2.91. The molecule has 2 N–H and O–H groups in total. The van der Waals surface area contributed by atoms with Crippen LogP contribution in [0.1, 0.15) is 31.9 Å². The predicted molar refractivity (Wildman–Crippen MR) is 117 cm³/mol. The Kier molecular flexibility index (Phi) is 7.84. The number of benzene rings is 2. The van der Waals surface area contributed by atoms with E-state index in [0.29, 0.717) is 11.5 Å². The fourth-order valence-electron chi connectivity index (χ4n) is 2.41. The third kappa shape index (κ3) is 6.94. The van der Waals surface area contributed by atoms with Crippen molar-refractivity contribution in [3.63, 3.8) is 0 Å². The highest BCUT2D eigenvalue weighted by atomic mass is 79.9. The van der Waals surface area contributed by atoms with E-state index in [1.165, 1.54) is 6.08 Å². The minimum absolute atomic E-state index is 0.0139. The van der Waals surface area contributed by atoms with Gasteiger partial charge in [-0.3, -0.25) is 20.4 Å². The first kappa shape index (κ1) is 22.5. The zero-order valence-corrected chi connectivity index (χ0v) is 18.5. The van der Waals surface area contributed by atoms with Crippen LogP contribution in [0.4, 0.5) is 0 Å². The second-order valence-electron chi connectivity index (χ2n) is 7.30. The van der Waals surface area contributed by atoms with Crippen LogP contribution < -0.4 is 20.3 Å². The van der Waals surface area contributed by atoms with Crippen LogP contribution >= 0.6 is 15.9 Å². The highest BCUT2D eigenvalue weighted by molar-refractivity contribution is 9.10. The van der Waals surface area contributed by atoms with E-state index in [0.717, 1.165) is 15.6 Å². The summed E-state index contributed by atoms with van der Waals surface area (Å²) in [5.41, 5.74) is 6.54. The molecule has 0 aromatic heterocycles. The Balaban J connectivity index is 1.82. The van der Waals surface area contributed by atoms with Gasteiger partial charge >= 0.3 is 0 Å². The molecule has 0 aliphatic rings. The van der Waals surface area contributed by atoms with E-state index >= 15 is 0 Å². The van der Waals surface area contributed by atoms with Crippen molar-refractivity contribution in [2.75, 3.05) is 13.7 Å². The van der Waals surface area contributed by atoms with Crippen LogP contribution in [0.5, 0.6) is 11.5 Å². The molecule has 2 aromatic rings. The molecule has 0 radical (unpaired) electrons. The van der Waals surface area contributed by atoms with Gasteiger partial charge in [-0.05, 0) is 51.2 Å². The van der Waals surface area contributed by atoms with Gasteiger partial charge in [0, 0.05) is 11.6 Å². The summed E-state index contributed by atoms with van der Waals surface area (Å²) < 4.78 is 11.5. The Morgan fingerprint density at radius 3 is 2.45 bits per heavy atom. The molecule has 0 aliphatic heterocycles. The molecular formula is C22H25BrN2O4. The highest BCUT2D eigenvalue weighted by Gasteiger charge is 2.15. The standard InChI is InChI=1S/C22H25BrN2O4/c1-22(2,3)16-10-11-19(17(23)13-16)29-14-21(27)25-24-20(26)12-9-15-7-5-6-8-18(15)28-4/h5-13H,14H2,1-4H3,(H,24,26)(H,25,27). The van der Waals surface area contributed by atoms with Gasteiger partial charge in [0.05, 0.1) is 11.6 Å². The third-order valence-corrected chi connectivity index (χ3v) is 4.65. The van der Waals surface area contributed by atoms with Gasteiger partial charge < -0.3 is 9.47 Å². The van der Waals surface area contributed by atoms with Crippen LogP contribution in [0.15, 0.2) is 53.0 Å². The van der Waals surface area contributed by atoms with Crippen molar-refractivity contribution in [3.05, 3.63) is 64.1 Å². The average Bonchev–Trinajstić information content (AvgIpc) is 2.69. The minimum Gasteiger partial charge on any atom is -0.496 e. The van der Waals surface area contributed by atoms with Gasteiger partial charge in [0.25, 0.3) is 11.8 Å². The normalized spacial score (nSPS) is 11.2. The number of carbonyl (C=O) groups excluding carboxylic acids is 2. The van der Waals surface area contributed by atoms with Gasteiger partial charge in [-0.1, -0.05) is 45.0 Å². The summed E-state index contributed by atoms with van der Waals surface area (Å²) in [4.78, 5) is 23.8. The molecule has 6 nitrogen and oxygen atoms in total. The van der Waals surface area contributed by atoms with Crippen molar-refractivity contribution in [1.82, 2.24) is 10.9 Å². The van der Waals surface area contributed by atoms with Crippen LogP contribution in [0.25, 0.3) is 6.08 Å². The molecule has 0 saturated carbocycles. The maximum atomic E-state index is 11.9. The third-order valence-electron chi connectivity index (χ3n) is 4.03. The lowest BCUT2D eigenvalue weighted by Crippen LogP contribution is -2.43. The highest BCUT2D eigenvalue weighted by Crippen LogP contribution is 2.31. The number of amides is 2. The molecule has 0 unspecified atom stereocenters. The maximum Gasteiger partial charge on any atom is 0.276 e. The number of halogens is 1. The molecule has 154 valence electrons. The Bertz CT molecular complexity index is 904. The number of rotatable bonds is 6. The number of para-hydroxylation sites is 1. The van der Waals surface area contributed by atoms with Crippen LogP contribution in [-0.4, -0.2) is 25.5 Å². The first-order chi connectivity index (χ1) is 13.7. The van der Waals surface area contributed by atoms with Crippen LogP contribution in [0.3, 0.4) is 0 Å². The number of nitrogens with one attached hydrogen (secondary N) is 2. The van der Waals surface area contributed by atoms with E-state index in [9.17, 15) is 9.59 Å². The molecule has 29 heavy (non-hydrogen) atoms. The van der Waals surface area contributed by atoms with E-state index < -0.39 is 11.8 Å². The fourth-order valence-corrected chi connectivity index (χ4v) is 2.90. The Labute approximate surface area is 179 Å². The van der Waals surface area contributed by atoms with Crippen molar-refractivity contribution in [1.29, 1.82) is 0 Å². The van der Waals surface area contributed by atoms with Gasteiger partial charge in [0.1, 0.15) is 11.5 Å².